The molecule has 2 aromatic rings. The first kappa shape index (κ1) is 13.9. The average molecular weight is 277 g/mol. The number of halogens is 1. The van der Waals surface area contributed by atoms with E-state index >= 15 is 0 Å². The fraction of sp³-hybridized carbons (Fsp3) is 0.250. The minimum atomic E-state index is 0.125. The molecule has 100 valence electrons. The van der Waals surface area contributed by atoms with E-state index in [0.29, 0.717) is 23.8 Å². The molecule has 0 atom stereocenters. The van der Waals surface area contributed by atoms with Crippen LogP contribution in [0.2, 0.25) is 5.02 Å². The van der Waals surface area contributed by atoms with Crippen molar-refractivity contribution in [2.75, 3.05) is 6.61 Å². The Morgan fingerprint density at radius 2 is 1.84 bits per heavy atom. The molecule has 0 unspecified atom stereocenters. The van der Waals surface area contributed by atoms with Crippen molar-refractivity contribution in [3.05, 3.63) is 64.2 Å². The van der Waals surface area contributed by atoms with E-state index in [1.165, 1.54) is 0 Å². The van der Waals surface area contributed by atoms with Gasteiger partial charge in [0.15, 0.2) is 0 Å². The second kappa shape index (κ2) is 6.60. The molecular formula is C16H17ClO2. The minimum Gasteiger partial charge on any atom is -0.487 e. The van der Waals surface area contributed by atoms with Gasteiger partial charge in [-0.15, -0.1) is 0 Å². The first-order chi connectivity index (χ1) is 9.20. The second-order valence-electron chi connectivity index (χ2n) is 4.47. The predicted molar refractivity (Wildman–Crippen MR) is 77.8 cm³/mol. The second-order valence-corrected chi connectivity index (χ2v) is 4.88. The van der Waals surface area contributed by atoms with E-state index in [1.807, 2.05) is 49.4 Å². The van der Waals surface area contributed by atoms with E-state index < -0.39 is 0 Å². The molecule has 19 heavy (non-hydrogen) atoms. The van der Waals surface area contributed by atoms with Crippen molar-refractivity contribution in [1.82, 2.24) is 0 Å². The Labute approximate surface area is 118 Å². The van der Waals surface area contributed by atoms with Crippen molar-refractivity contribution < 1.29 is 9.84 Å². The minimum absolute atomic E-state index is 0.125. The lowest BCUT2D eigenvalue weighted by Crippen LogP contribution is -1.99. The lowest BCUT2D eigenvalue weighted by atomic mass is 10.1. The van der Waals surface area contributed by atoms with Gasteiger partial charge in [0.05, 0.1) is 5.02 Å². The van der Waals surface area contributed by atoms with Crippen LogP contribution in [0.5, 0.6) is 5.75 Å². The molecule has 0 fully saturated rings. The fourth-order valence-corrected chi connectivity index (χ4v) is 2.33. The molecule has 0 saturated heterocycles. The highest BCUT2D eigenvalue weighted by Crippen LogP contribution is 2.30. The van der Waals surface area contributed by atoms with Gasteiger partial charge in [0.1, 0.15) is 12.4 Å². The molecule has 2 nitrogen and oxygen atoms in total. The monoisotopic (exact) mass is 276 g/mol. The molecule has 0 bridgehead atoms. The van der Waals surface area contributed by atoms with Gasteiger partial charge in [0, 0.05) is 6.61 Å². The van der Waals surface area contributed by atoms with Crippen molar-refractivity contribution >= 4 is 11.6 Å². The van der Waals surface area contributed by atoms with Crippen LogP contribution in [0.25, 0.3) is 0 Å². The number of aryl methyl sites for hydroxylation is 1. The van der Waals surface area contributed by atoms with Gasteiger partial charge in [-0.1, -0.05) is 48.0 Å². The normalized spacial score (nSPS) is 10.5. The number of ether oxygens (including phenoxy) is 1. The maximum Gasteiger partial charge on any atom is 0.141 e. The maximum atomic E-state index is 8.95. The molecule has 2 aromatic carbocycles. The van der Waals surface area contributed by atoms with Gasteiger partial charge in [0.25, 0.3) is 0 Å². The molecule has 0 aliphatic rings. The Kier molecular flexibility index (Phi) is 4.83. The van der Waals surface area contributed by atoms with E-state index in [9.17, 15) is 0 Å². The highest BCUT2D eigenvalue weighted by molar-refractivity contribution is 6.32. The Hall–Kier alpha value is -1.51. The van der Waals surface area contributed by atoms with E-state index in [4.69, 9.17) is 21.4 Å². The van der Waals surface area contributed by atoms with Crippen LogP contribution in [0.3, 0.4) is 0 Å². The van der Waals surface area contributed by atoms with Crippen LogP contribution < -0.4 is 4.74 Å². The first-order valence-corrected chi connectivity index (χ1v) is 6.65. The van der Waals surface area contributed by atoms with Gasteiger partial charge in [-0.3, -0.25) is 0 Å². The van der Waals surface area contributed by atoms with Crippen molar-refractivity contribution in [2.45, 2.75) is 20.0 Å². The van der Waals surface area contributed by atoms with Crippen LogP contribution >= 0.6 is 11.6 Å². The Balaban J connectivity index is 2.12. The van der Waals surface area contributed by atoms with E-state index in [0.717, 1.165) is 16.7 Å². The summed E-state index contributed by atoms with van der Waals surface area (Å²) in [5, 5.41) is 9.55. The van der Waals surface area contributed by atoms with Crippen LogP contribution in [-0.4, -0.2) is 11.7 Å². The number of hydrogen-bond donors (Lipinski definition) is 1. The standard InChI is InChI=1S/C16H17ClO2/c1-12-9-14(7-8-18)10-15(17)16(12)19-11-13-5-3-2-4-6-13/h2-6,9-10,18H,7-8,11H2,1H3. The molecule has 0 aromatic heterocycles. The summed E-state index contributed by atoms with van der Waals surface area (Å²) in [6, 6.07) is 13.8. The van der Waals surface area contributed by atoms with Crippen molar-refractivity contribution in [1.29, 1.82) is 0 Å². The molecule has 3 heteroatoms. The Morgan fingerprint density at radius 1 is 1.11 bits per heavy atom. The van der Waals surface area contributed by atoms with Crippen molar-refractivity contribution in [2.24, 2.45) is 0 Å². The van der Waals surface area contributed by atoms with Crippen LogP contribution in [-0.2, 0) is 13.0 Å². The smallest absolute Gasteiger partial charge is 0.141 e. The zero-order valence-corrected chi connectivity index (χ0v) is 11.7. The molecule has 0 heterocycles. The molecule has 0 amide bonds. The molecule has 0 spiro atoms. The maximum absolute atomic E-state index is 8.95. The SMILES string of the molecule is Cc1cc(CCO)cc(Cl)c1OCc1ccccc1. The highest BCUT2D eigenvalue weighted by atomic mass is 35.5. The largest absolute Gasteiger partial charge is 0.487 e. The van der Waals surface area contributed by atoms with Gasteiger partial charge < -0.3 is 9.84 Å². The Bertz CT molecular complexity index is 515. The van der Waals surface area contributed by atoms with Gasteiger partial charge in [0.2, 0.25) is 0 Å². The van der Waals surface area contributed by atoms with Gasteiger partial charge in [-0.2, -0.15) is 0 Å². The van der Waals surface area contributed by atoms with Crippen LogP contribution in [0.1, 0.15) is 16.7 Å². The summed E-state index contributed by atoms with van der Waals surface area (Å²) >= 11 is 6.23. The fourth-order valence-electron chi connectivity index (χ4n) is 1.99. The first-order valence-electron chi connectivity index (χ1n) is 6.27. The molecule has 2 rings (SSSR count). The molecular weight excluding hydrogens is 260 g/mol. The Morgan fingerprint density at radius 3 is 2.47 bits per heavy atom. The quantitative estimate of drug-likeness (QED) is 0.901. The van der Waals surface area contributed by atoms with E-state index in [1.54, 1.807) is 0 Å². The number of hydrogen-bond acceptors (Lipinski definition) is 2. The molecule has 0 aliphatic heterocycles. The summed E-state index contributed by atoms with van der Waals surface area (Å²) in [6.45, 7) is 2.59. The number of aliphatic hydroxyl groups excluding tert-OH is 1. The highest BCUT2D eigenvalue weighted by Gasteiger charge is 2.08. The number of benzene rings is 2. The molecule has 0 aliphatic carbocycles. The average Bonchev–Trinajstić information content (AvgIpc) is 2.39. The summed E-state index contributed by atoms with van der Waals surface area (Å²) in [6.07, 6.45) is 0.611. The summed E-state index contributed by atoms with van der Waals surface area (Å²) in [5.41, 5.74) is 3.13. The molecule has 0 radical (unpaired) electrons. The van der Waals surface area contributed by atoms with Crippen LogP contribution in [0.15, 0.2) is 42.5 Å². The zero-order chi connectivity index (χ0) is 13.7. The van der Waals surface area contributed by atoms with Crippen molar-refractivity contribution in [3.63, 3.8) is 0 Å². The van der Waals surface area contributed by atoms with Crippen LogP contribution in [0.4, 0.5) is 0 Å². The zero-order valence-electron chi connectivity index (χ0n) is 10.9. The van der Waals surface area contributed by atoms with E-state index in [-0.39, 0.29) is 6.61 Å². The van der Waals surface area contributed by atoms with Crippen molar-refractivity contribution in [3.8, 4) is 5.75 Å². The third-order valence-corrected chi connectivity index (χ3v) is 3.20. The third kappa shape index (κ3) is 3.72. The summed E-state index contributed by atoms with van der Waals surface area (Å²) < 4.78 is 5.79. The van der Waals surface area contributed by atoms with Gasteiger partial charge >= 0.3 is 0 Å². The number of rotatable bonds is 5. The lowest BCUT2D eigenvalue weighted by Gasteiger charge is -2.12. The summed E-state index contributed by atoms with van der Waals surface area (Å²) in [4.78, 5) is 0. The molecule has 1 N–H and O–H groups in total. The summed E-state index contributed by atoms with van der Waals surface area (Å²) in [7, 11) is 0. The van der Waals surface area contributed by atoms with Gasteiger partial charge in [-0.05, 0) is 36.1 Å². The number of aliphatic hydroxyl groups is 1. The van der Waals surface area contributed by atoms with Crippen LogP contribution in [0, 0.1) is 6.92 Å². The lowest BCUT2D eigenvalue weighted by molar-refractivity contribution is 0.298. The molecule has 0 saturated carbocycles. The van der Waals surface area contributed by atoms with E-state index in [2.05, 4.69) is 0 Å². The topological polar surface area (TPSA) is 29.5 Å². The third-order valence-electron chi connectivity index (χ3n) is 2.92. The summed E-state index contributed by atoms with van der Waals surface area (Å²) in [5.74, 6) is 0.715. The van der Waals surface area contributed by atoms with Gasteiger partial charge in [-0.25, -0.2) is 0 Å². The predicted octanol–water partition coefficient (Wildman–Crippen LogP) is 3.76.